The van der Waals surface area contributed by atoms with E-state index >= 15 is 0 Å². The van der Waals surface area contributed by atoms with Gasteiger partial charge in [-0.25, -0.2) is 0 Å². The molecule has 0 spiro atoms. The normalized spacial score (nSPS) is 42.8. The molecule has 5 rings (SSSR count). The third kappa shape index (κ3) is 1.34. The molecule has 102 valence electrons. The largest absolute Gasteiger partial charge is 0.469 e. The zero-order valence-corrected chi connectivity index (χ0v) is 11.0. The monoisotopic (exact) mass is 262 g/mol. The molecule has 0 unspecified atom stereocenters. The predicted octanol–water partition coefficient (Wildman–Crippen LogP) is 1.17. The molecule has 5 heteroatoms. The molecule has 0 radical (unpaired) electrons. The van der Waals surface area contributed by atoms with Gasteiger partial charge in [-0.3, -0.25) is 9.48 Å². The number of hydrogen-bond acceptors (Lipinski definition) is 4. The Morgan fingerprint density at radius 1 is 1.47 bits per heavy atom. The quantitative estimate of drug-likeness (QED) is 0.831. The number of nitrogens with zero attached hydrogens (tertiary/aromatic N) is 2. The van der Waals surface area contributed by atoms with Gasteiger partial charge in [-0.05, 0) is 43.6 Å². The summed E-state index contributed by atoms with van der Waals surface area (Å²) in [6.45, 7) is 0. The summed E-state index contributed by atoms with van der Waals surface area (Å²) in [7, 11) is 1.46. The van der Waals surface area contributed by atoms with E-state index in [1.165, 1.54) is 12.7 Å². The lowest BCUT2D eigenvalue weighted by Crippen LogP contribution is -2.71. The number of ether oxygens (including phenoxy) is 1. The van der Waals surface area contributed by atoms with E-state index in [0.717, 1.165) is 32.1 Å². The molecule has 0 saturated heterocycles. The number of aromatic nitrogens is 2. The summed E-state index contributed by atoms with van der Waals surface area (Å²) in [5, 5.41) is 13.8. The molecule has 4 aliphatic carbocycles. The van der Waals surface area contributed by atoms with Gasteiger partial charge in [0.2, 0.25) is 0 Å². The van der Waals surface area contributed by atoms with Gasteiger partial charge in [0.1, 0.15) is 0 Å². The van der Waals surface area contributed by atoms with Crippen LogP contribution in [0.15, 0.2) is 12.4 Å². The van der Waals surface area contributed by atoms with E-state index in [-0.39, 0.29) is 23.0 Å². The van der Waals surface area contributed by atoms with Crippen molar-refractivity contribution in [2.75, 3.05) is 7.11 Å². The average Bonchev–Trinajstić information content (AvgIpc) is 2.70. The molecule has 2 bridgehead atoms. The van der Waals surface area contributed by atoms with Crippen LogP contribution < -0.4 is 0 Å². The minimum absolute atomic E-state index is 0.0643. The summed E-state index contributed by atoms with van der Waals surface area (Å²) in [6, 6.07) is 0. The Labute approximate surface area is 111 Å². The second-order valence-electron chi connectivity index (χ2n) is 6.57. The van der Waals surface area contributed by atoms with Crippen molar-refractivity contribution in [1.29, 1.82) is 0 Å². The summed E-state index contributed by atoms with van der Waals surface area (Å²) < 4.78 is 6.90. The number of carbonyl (C=O) groups excluding carboxylic acids is 1. The van der Waals surface area contributed by atoms with E-state index in [1.54, 1.807) is 0 Å². The van der Waals surface area contributed by atoms with Crippen LogP contribution in [0.4, 0.5) is 0 Å². The van der Waals surface area contributed by atoms with Gasteiger partial charge in [0.25, 0.3) is 0 Å². The van der Waals surface area contributed by atoms with Gasteiger partial charge in [-0.1, -0.05) is 0 Å². The highest BCUT2D eigenvalue weighted by molar-refractivity contribution is 5.81. The van der Waals surface area contributed by atoms with Crippen molar-refractivity contribution in [3.8, 4) is 0 Å². The van der Waals surface area contributed by atoms with E-state index in [4.69, 9.17) is 4.74 Å². The lowest BCUT2D eigenvalue weighted by atomic mass is 9.39. The molecule has 19 heavy (non-hydrogen) atoms. The first kappa shape index (κ1) is 11.5. The third-order valence-electron chi connectivity index (χ3n) is 5.29. The third-order valence-corrected chi connectivity index (χ3v) is 5.29. The second kappa shape index (κ2) is 3.39. The summed E-state index contributed by atoms with van der Waals surface area (Å²) in [6.07, 6.45) is 8.18. The van der Waals surface area contributed by atoms with E-state index < -0.39 is 0 Å². The number of esters is 1. The molecule has 4 aliphatic rings. The molecular weight excluding hydrogens is 244 g/mol. The number of methoxy groups -OCH3 is 1. The van der Waals surface area contributed by atoms with Crippen LogP contribution in [-0.2, 0) is 15.1 Å². The zero-order chi connectivity index (χ0) is 13.3. The maximum Gasteiger partial charge on any atom is 0.312 e. The molecule has 5 nitrogen and oxygen atoms in total. The minimum atomic E-state index is -0.215. The SMILES string of the molecule is COC(=O)C12CC(n3cc([C@H]4C[C@@H](O)C4)cn3)(C1)C2. The highest BCUT2D eigenvalue weighted by atomic mass is 16.5. The fraction of sp³-hybridized carbons (Fsp3) is 0.714. The van der Waals surface area contributed by atoms with E-state index in [2.05, 4.69) is 11.3 Å². The molecule has 0 atom stereocenters. The lowest BCUT2D eigenvalue weighted by molar-refractivity contribution is -0.219. The summed E-state index contributed by atoms with van der Waals surface area (Å²) in [5.74, 6) is 0.398. The van der Waals surface area contributed by atoms with Gasteiger partial charge in [0.05, 0.1) is 30.4 Å². The van der Waals surface area contributed by atoms with E-state index in [0.29, 0.717) is 5.92 Å². The molecule has 4 fully saturated rings. The standard InChI is InChI=1S/C14H18N2O3/c1-19-12(18)13-6-14(7-13,8-13)16-5-10(4-15-16)9-2-11(17)3-9/h4-5,9,11,17H,2-3,6-8H2,1H3/t9-,11+,13?,14?. The topological polar surface area (TPSA) is 64.3 Å². The Morgan fingerprint density at radius 2 is 2.16 bits per heavy atom. The molecule has 4 saturated carbocycles. The van der Waals surface area contributed by atoms with Crippen LogP contribution in [0.5, 0.6) is 0 Å². The van der Waals surface area contributed by atoms with Crippen LogP contribution in [0.3, 0.4) is 0 Å². The first-order valence-corrected chi connectivity index (χ1v) is 6.89. The molecular formula is C14H18N2O3. The van der Waals surface area contributed by atoms with Gasteiger partial charge >= 0.3 is 5.97 Å². The smallest absolute Gasteiger partial charge is 0.312 e. The van der Waals surface area contributed by atoms with Crippen LogP contribution in [0.1, 0.15) is 43.6 Å². The van der Waals surface area contributed by atoms with Gasteiger partial charge < -0.3 is 9.84 Å². The number of aliphatic hydroxyl groups excluding tert-OH is 1. The maximum absolute atomic E-state index is 11.7. The Balaban J connectivity index is 1.47. The number of rotatable bonds is 3. The Bertz CT molecular complexity index is 525. The van der Waals surface area contributed by atoms with Crippen molar-refractivity contribution in [1.82, 2.24) is 9.78 Å². The fourth-order valence-corrected chi connectivity index (χ4v) is 4.08. The number of carbonyl (C=O) groups is 1. The maximum atomic E-state index is 11.7. The van der Waals surface area contributed by atoms with Gasteiger partial charge in [0, 0.05) is 6.20 Å². The number of aliphatic hydroxyl groups is 1. The van der Waals surface area contributed by atoms with Crippen molar-refractivity contribution in [3.63, 3.8) is 0 Å². The van der Waals surface area contributed by atoms with Crippen LogP contribution in [0, 0.1) is 5.41 Å². The Morgan fingerprint density at radius 3 is 2.74 bits per heavy atom. The fourth-order valence-electron chi connectivity index (χ4n) is 4.08. The van der Waals surface area contributed by atoms with Crippen molar-refractivity contribution in [2.24, 2.45) is 5.41 Å². The summed E-state index contributed by atoms with van der Waals surface area (Å²) in [4.78, 5) is 11.7. The second-order valence-corrected chi connectivity index (χ2v) is 6.57. The van der Waals surface area contributed by atoms with Crippen LogP contribution in [0.2, 0.25) is 0 Å². The summed E-state index contributed by atoms with van der Waals surface area (Å²) in [5.41, 5.74) is 1.07. The minimum Gasteiger partial charge on any atom is -0.469 e. The van der Waals surface area contributed by atoms with Crippen molar-refractivity contribution in [3.05, 3.63) is 18.0 Å². The molecule has 1 heterocycles. The highest BCUT2D eigenvalue weighted by Crippen LogP contribution is 2.71. The molecule has 1 aromatic heterocycles. The van der Waals surface area contributed by atoms with Crippen LogP contribution >= 0.6 is 0 Å². The first-order valence-electron chi connectivity index (χ1n) is 6.89. The van der Waals surface area contributed by atoms with Crippen molar-refractivity contribution in [2.45, 2.75) is 49.7 Å². The Kier molecular flexibility index (Phi) is 2.05. The first-order chi connectivity index (χ1) is 9.07. The van der Waals surface area contributed by atoms with Crippen molar-refractivity contribution >= 4 is 5.97 Å². The number of hydrogen-bond donors (Lipinski definition) is 1. The molecule has 1 N–H and O–H groups in total. The summed E-state index contributed by atoms with van der Waals surface area (Å²) >= 11 is 0. The average molecular weight is 262 g/mol. The molecule has 0 aromatic carbocycles. The predicted molar refractivity (Wildman–Crippen MR) is 66.5 cm³/mol. The van der Waals surface area contributed by atoms with Gasteiger partial charge in [0.15, 0.2) is 0 Å². The van der Waals surface area contributed by atoms with E-state index in [1.807, 2.05) is 10.9 Å². The van der Waals surface area contributed by atoms with Crippen LogP contribution in [0.25, 0.3) is 0 Å². The Hall–Kier alpha value is -1.36. The van der Waals surface area contributed by atoms with Crippen LogP contribution in [-0.4, -0.2) is 34.1 Å². The highest BCUT2D eigenvalue weighted by Gasteiger charge is 2.74. The molecule has 0 amide bonds. The van der Waals surface area contributed by atoms with Gasteiger partial charge in [-0.2, -0.15) is 5.10 Å². The van der Waals surface area contributed by atoms with E-state index in [9.17, 15) is 9.90 Å². The van der Waals surface area contributed by atoms with Crippen molar-refractivity contribution < 1.29 is 14.6 Å². The van der Waals surface area contributed by atoms with Gasteiger partial charge in [-0.15, -0.1) is 0 Å². The zero-order valence-electron chi connectivity index (χ0n) is 11.0. The molecule has 0 aliphatic heterocycles. The molecule has 1 aromatic rings. The lowest BCUT2D eigenvalue weighted by Gasteiger charge is -2.67.